The quantitative estimate of drug-likeness (QED) is 0.870. The summed E-state index contributed by atoms with van der Waals surface area (Å²) in [5.41, 5.74) is 1.96. The lowest BCUT2D eigenvalue weighted by Crippen LogP contribution is -2.48. The zero-order chi connectivity index (χ0) is 16.1. The van der Waals surface area contributed by atoms with Crippen molar-refractivity contribution in [3.63, 3.8) is 0 Å². The van der Waals surface area contributed by atoms with Gasteiger partial charge in [0.05, 0.1) is 12.7 Å². The van der Waals surface area contributed by atoms with Crippen LogP contribution >= 0.6 is 0 Å². The molecule has 0 aliphatic carbocycles. The number of amides is 1. The van der Waals surface area contributed by atoms with E-state index in [1.807, 2.05) is 35.2 Å². The summed E-state index contributed by atoms with van der Waals surface area (Å²) in [4.78, 5) is 17.0. The number of para-hydroxylation sites is 1. The van der Waals surface area contributed by atoms with Crippen LogP contribution in [0.3, 0.4) is 0 Å². The number of ether oxygens (including phenoxy) is 1. The zero-order valence-electron chi connectivity index (χ0n) is 13.4. The predicted molar refractivity (Wildman–Crippen MR) is 90.6 cm³/mol. The number of hydrogen-bond donors (Lipinski definition) is 0. The number of carbonyl (C=O) groups is 1. The van der Waals surface area contributed by atoms with E-state index in [4.69, 9.17) is 4.74 Å². The minimum Gasteiger partial charge on any atom is -0.496 e. The number of carbonyl (C=O) groups excluding carboxylic acids is 1. The maximum atomic E-state index is 12.7. The standard InChI is InChI=1S/C19H22N2O2/c1-23-18-10-6-5-9-17(18)19(22)21-13-11-20(12-14-21)15-16-7-3-2-4-8-16/h2-10H,11-15H2,1H3. The second kappa shape index (κ2) is 7.29. The minimum absolute atomic E-state index is 0.0572. The van der Waals surface area contributed by atoms with Crippen molar-refractivity contribution in [3.05, 3.63) is 65.7 Å². The SMILES string of the molecule is COc1ccccc1C(=O)N1CCN(Cc2ccccc2)CC1. The van der Waals surface area contributed by atoms with Crippen LogP contribution in [0.2, 0.25) is 0 Å². The van der Waals surface area contributed by atoms with Gasteiger partial charge in [0.2, 0.25) is 0 Å². The second-order valence-corrected chi connectivity index (χ2v) is 5.75. The molecule has 1 aliphatic rings. The van der Waals surface area contributed by atoms with Crippen LogP contribution in [0.1, 0.15) is 15.9 Å². The molecule has 0 atom stereocenters. The van der Waals surface area contributed by atoms with Gasteiger partial charge in [0.15, 0.2) is 0 Å². The highest BCUT2D eigenvalue weighted by Gasteiger charge is 2.23. The summed E-state index contributed by atoms with van der Waals surface area (Å²) in [6, 6.07) is 17.9. The summed E-state index contributed by atoms with van der Waals surface area (Å²) < 4.78 is 5.30. The van der Waals surface area contributed by atoms with E-state index in [0.29, 0.717) is 11.3 Å². The molecule has 1 heterocycles. The van der Waals surface area contributed by atoms with Gasteiger partial charge in [-0.15, -0.1) is 0 Å². The molecular formula is C19H22N2O2. The zero-order valence-corrected chi connectivity index (χ0v) is 13.4. The third kappa shape index (κ3) is 3.71. The van der Waals surface area contributed by atoms with Crippen LogP contribution in [-0.4, -0.2) is 49.0 Å². The summed E-state index contributed by atoms with van der Waals surface area (Å²) in [6.45, 7) is 4.25. The van der Waals surface area contributed by atoms with E-state index >= 15 is 0 Å². The van der Waals surface area contributed by atoms with Crippen LogP contribution in [0.15, 0.2) is 54.6 Å². The fourth-order valence-corrected chi connectivity index (χ4v) is 2.94. The van der Waals surface area contributed by atoms with E-state index < -0.39 is 0 Å². The summed E-state index contributed by atoms with van der Waals surface area (Å²) in [7, 11) is 1.60. The molecule has 1 aliphatic heterocycles. The van der Waals surface area contributed by atoms with E-state index in [-0.39, 0.29) is 5.91 Å². The number of methoxy groups -OCH3 is 1. The van der Waals surface area contributed by atoms with Crippen LogP contribution in [-0.2, 0) is 6.54 Å². The van der Waals surface area contributed by atoms with Gasteiger partial charge in [-0.3, -0.25) is 9.69 Å². The van der Waals surface area contributed by atoms with Crippen LogP contribution in [0.5, 0.6) is 5.75 Å². The van der Waals surface area contributed by atoms with Gasteiger partial charge in [-0.05, 0) is 17.7 Å². The van der Waals surface area contributed by atoms with Gasteiger partial charge in [0, 0.05) is 32.7 Å². The van der Waals surface area contributed by atoms with Gasteiger partial charge in [-0.2, -0.15) is 0 Å². The molecule has 0 saturated carbocycles. The van der Waals surface area contributed by atoms with E-state index in [1.54, 1.807) is 7.11 Å². The molecule has 23 heavy (non-hydrogen) atoms. The van der Waals surface area contributed by atoms with Crippen molar-refractivity contribution in [2.75, 3.05) is 33.3 Å². The lowest BCUT2D eigenvalue weighted by Gasteiger charge is -2.35. The fraction of sp³-hybridized carbons (Fsp3) is 0.316. The van der Waals surface area contributed by atoms with Crippen LogP contribution < -0.4 is 4.74 Å². The van der Waals surface area contributed by atoms with Gasteiger partial charge in [-0.1, -0.05) is 42.5 Å². The molecule has 0 unspecified atom stereocenters. The third-order valence-electron chi connectivity index (χ3n) is 4.25. The van der Waals surface area contributed by atoms with Crippen molar-refractivity contribution in [1.29, 1.82) is 0 Å². The van der Waals surface area contributed by atoms with Crippen molar-refractivity contribution < 1.29 is 9.53 Å². The molecule has 1 amide bonds. The van der Waals surface area contributed by atoms with E-state index in [0.717, 1.165) is 32.7 Å². The average Bonchev–Trinajstić information content (AvgIpc) is 2.62. The lowest BCUT2D eigenvalue weighted by atomic mass is 10.1. The molecule has 2 aromatic carbocycles. The molecule has 0 radical (unpaired) electrons. The van der Waals surface area contributed by atoms with Crippen molar-refractivity contribution in [1.82, 2.24) is 9.80 Å². The first-order valence-corrected chi connectivity index (χ1v) is 7.96. The lowest BCUT2D eigenvalue weighted by molar-refractivity contribution is 0.0625. The van der Waals surface area contributed by atoms with Gasteiger partial charge in [0.25, 0.3) is 5.91 Å². The molecule has 3 rings (SSSR count). The Hall–Kier alpha value is -2.33. The number of nitrogens with zero attached hydrogens (tertiary/aromatic N) is 2. The minimum atomic E-state index is 0.0572. The van der Waals surface area contributed by atoms with Crippen LogP contribution in [0.4, 0.5) is 0 Å². The molecule has 0 bridgehead atoms. The average molecular weight is 310 g/mol. The number of rotatable bonds is 4. The first-order valence-electron chi connectivity index (χ1n) is 7.96. The molecular weight excluding hydrogens is 288 g/mol. The molecule has 0 N–H and O–H groups in total. The molecule has 2 aromatic rings. The molecule has 120 valence electrons. The Morgan fingerprint density at radius 3 is 2.30 bits per heavy atom. The highest BCUT2D eigenvalue weighted by Crippen LogP contribution is 2.20. The summed E-state index contributed by atoms with van der Waals surface area (Å²) in [5.74, 6) is 0.700. The third-order valence-corrected chi connectivity index (χ3v) is 4.25. The first kappa shape index (κ1) is 15.6. The Labute approximate surface area is 137 Å². The summed E-state index contributed by atoms with van der Waals surface area (Å²) in [5, 5.41) is 0. The predicted octanol–water partition coefficient (Wildman–Crippen LogP) is 2.65. The highest BCUT2D eigenvalue weighted by molar-refractivity contribution is 5.97. The van der Waals surface area contributed by atoms with Gasteiger partial charge in [-0.25, -0.2) is 0 Å². The number of piperazine rings is 1. The maximum absolute atomic E-state index is 12.7. The van der Waals surface area contributed by atoms with Crippen molar-refractivity contribution >= 4 is 5.91 Å². The largest absolute Gasteiger partial charge is 0.496 e. The van der Waals surface area contributed by atoms with Gasteiger partial charge in [0.1, 0.15) is 5.75 Å². The number of hydrogen-bond acceptors (Lipinski definition) is 3. The molecule has 4 nitrogen and oxygen atoms in total. The number of benzene rings is 2. The first-order chi connectivity index (χ1) is 11.3. The summed E-state index contributed by atoms with van der Waals surface area (Å²) >= 11 is 0. The topological polar surface area (TPSA) is 32.8 Å². The normalized spacial score (nSPS) is 15.4. The molecule has 1 fully saturated rings. The van der Waals surface area contributed by atoms with Gasteiger partial charge >= 0.3 is 0 Å². The molecule has 0 aromatic heterocycles. The Balaban J connectivity index is 1.59. The maximum Gasteiger partial charge on any atom is 0.257 e. The Bertz CT molecular complexity index is 649. The molecule has 4 heteroatoms. The Morgan fingerprint density at radius 1 is 0.957 bits per heavy atom. The Kier molecular flexibility index (Phi) is 4.93. The van der Waals surface area contributed by atoms with E-state index in [1.165, 1.54) is 5.56 Å². The summed E-state index contributed by atoms with van der Waals surface area (Å²) in [6.07, 6.45) is 0. The van der Waals surface area contributed by atoms with E-state index in [2.05, 4.69) is 29.2 Å². The van der Waals surface area contributed by atoms with Crippen molar-refractivity contribution in [2.45, 2.75) is 6.54 Å². The Morgan fingerprint density at radius 2 is 1.61 bits per heavy atom. The van der Waals surface area contributed by atoms with E-state index in [9.17, 15) is 4.79 Å². The second-order valence-electron chi connectivity index (χ2n) is 5.75. The van der Waals surface area contributed by atoms with Gasteiger partial charge < -0.3 is 9.64 Å². The van der Waals surface area contributed by atoms with Crippen molar-refractivity contribution in [3.8, 4) is 5.75 Å². The van der Waals surface area contributed by atoms with Crippen molar-refractivity contribution in [2.24, 2.45) is 0 Å². The molecule has 1 saturated heterocycles. The van der Waals surface area contributed by atoms with Crippen LogP contribution in [0, 0.1) is 0 Å². The highest BCUT2D eigenvalue weighted by atomic mass is 16.5. The smallest absolute Gasteiger partial charge is 0.257 e. The fourth-order valence-electron chi connectivity index (χ4n) is 2.94. The monoisotopic (exact) mass is 310 g/mol. The molecule has 0 spiro atoms. The van der Waals surface area contributed by atoms with Crippen LogP contribution in [0.25, 0.3) is 0 Å².